The number of aromatic nitrogens is 1. The highest BCUT2D eigenvalue weighted by atomic mass is 16.4. The Hall–Kier alpha value is -3.84. The molecule has 0 aliphatic heterocycles. The second kappa shape index (κ2) is 9.57. The molecular weight excluding hydrogens is 420 g/mol. The van der Waals surface area contributed by atoms with Crippen LogP contribution in [0.25, 0.3) is 10.9 Å². The van der Waals surface area contributed by atoms with Gasteiger partial charge in [-0.15, -0.1) is 0 Å². The van der Waals surface area contributed by atoms with Crippen molar-refractivity contribution < 1.29 is 9.90 Å². The highest BCUT2D eigenvalue weighted by molar-refractivity contribution is 6.04. The largest absolute Gasteiger partial charge is 0.478 e. The minimum Gasteiger partial charge on any atom is -0.478 e. The number of aromatic carboxylic acids is 1. The van der Waals surface area contributed by atoms with E-state index >= 15 is 0 Å². The van der Waals surface area contributed by atoms with Crippen LogP contribution in [0.1, 0.15) is 57.6 Å². The molecule has 0 saturated carbocycles. The van der Waals surface area contributed by atoms with Gasteiger partial charge in [0.05, 0.1) is 22.7 Å². The van der Waals surface area contributed by atoms with Gasteiger partial charge in [-0.3, -0.25) is 0 Å². The van der Waals surface area contributed by atoms with Crippen molar-refractivity contribution in [3.8, 4) is 6.07 Å². The lowest BCUT2D eigenvalue weighted by Crippen LogP contribution is -2.12. The smallest absolute Gasteiger partial charge is 0.337 e. The zero-order chi connectivity index (χ0) is 23.5. The maximum absolute atomic E-state index is 12.2. The van der Waals surface area contributed by atoms with Gasteiger partial charge in [0.15, 0.2) is 0 Å². The third-order valence-corrected chi connectivity index (χ3v) is 7.14. The van der Waals surface area contributed by atoms with E-state index < -0.39 is 5.97 Å². The number of hydrogen-bond donors (Lipinski definition) is 1. The van der Waals surface area contributed by atoms with Crippen molar-refractivity contribution >= 4 is 16.9 Å². The number of carbonyl (C=O) groups is 1. The summed E-state index contributed by atoms with van der Waals surface area (Å²) in [6.07, 6.45) is 6.42. The predicted octanol–water partition coefficient (Wildman–Crippen LogP) is 6.39. The minimum absolute atomic E-state index is 0.350. The summed E-state index contributed by atoms with van der Waals surface area (Å²) in [6, 6.07) is 26.2. The van der Waals surface area contributed by atoms with Gasteiger partial charge in [0.2, 0.25) is 0 Å². The molecule has 0 bridgehead atoms. The summed E-state index contributed by atoms with van der Waals surface area (Å²) >= 11 is 0. The number of hydrogen-bond acceptors (Lipinski definition) is 2. The Morgan fingerprint density at radius 2 is 1.82 bits per heavy atom. The van der Waals surface area contributed by atoms with E-state index in [4.69, 9.17) is 0 Å². The molecule has 1 aromatic heterocycles. The van der Waals surface area contributed by atoms with Crippen LogP contribution < -0.4 is 0 Å². The standard InChI is InChI=1S/C30H28N2O2/c31-19-23-10-4-11-24(17-23)20-32-28-18-22(16-15-21-7-2-1-3-8-21)9-5-12-25(28)26-13-6-14-27(29(26)32)30(33)34/h1-4,6-8,10-11,13-14,17,22H,5,9,12,15-16,18,20H2,(H,33,34). The summed E-state index contributed by atoms with van der Waals surface area (Å²) in [5.74, 6) is -0.339. The molecule has 0 amide bonds. The number of fused-ring (bicyclic) bond motifs is 3. The van der Waals surface area contributed by atoms with Gasteiger partial charge in [0, 0.05) is 17.6 Å². The molecule has 1 unspecified atom stereocenters. The summed E-state index contributed by atoms with van der Waals surface area (Å²) in [5.41, 5.74) is 6.74. The first kappa shape index (κ1) is 22.0. The molecule has 0 fully saturated rings. The average molecular weight is 449 g/mol. The molecule has 1 aliphatic carbocycles. The molecule has 3 aromatic carbocycles. The number of rotatable bonds is 6. The Balaban J connectivity index is 1.57. The first-order chi connectivity index (χ1) is 16.6. The summed E-state index contributed by atoms with van der Waals surface area (Å²) in [4.78, 5) is 12.2. The van der Waals surface area contributed by atoms with Crippen molar-refractivity contribution in [2.45, 2.75) is 45.1 Å². The van der Waals surface area contributed by atoms with Crippen molar-refractivity contribution in [3.63, 3.8) is 0 Å². The summed E-state index contributed by atoms with van der Waals surface area (Å²) in [6.45, 7) is 0.567. The van der Waals surface area contributed by atoms with E-state index in [-0.39, 0.29) is 0 Å². The number of nitrogens with zero attached hydrogens (tertiary/aromatic N) is 2. The average Bonchev–Trinajstić information content (AvgIpc) is 3.01. The van der Waals surface area contributed by atoms with Gasteiger partial charge in [-0.1, -0.05) is 54.6 Å². The van der Waals surface area contributed by atoms with E-state index in [0.29, 0.717) is 23.6 Å². The van der Waals surface area contributed by atoms with Crippen molar-refractivity contribution in [2.75, 3.05) is 0 Å². The van der Waals surface area contributed by atoms with Crippen LogP contribution in [0, 0.1) is 17.2 Å². The van der Waals surface area contributed by atoms with Gasteiger partial charge in [-0.2, -0.15) is 5.26 Å². The third-order valence-electron chi connectivity index (χ3n) is 7.14. The highest BCUT2D eigenvalue weighted by Gasteiger charge is 2.26. The molecule has 170 valence electrons. The molecule has 0 spiro atoms. The molecule has 34 heavy (non-hydrogen) atoms. The SMILES string of the molecule is N#Cc1cccc(Cn2c3c(c4cccc(C(=O)O)c42)CCCC(CCc2ccccc2)C3)c1. The molecule has 0 radical (unpaired) electrons. The van der Waals surface area contributed by atoms with Crippen molar-refractivity contribution in [1.82, 2.24) is 4.57 Å². The van der Waals surface area contributed by atoms with Gasteiger partial charge < -0.3 is 9.67 Å². The van der Waals surface area contributed by atoms with Gasteiger partial charge in [0.1, 0.15) is 0 Å². The number of aryl methyl sites for hydroxylation is 2. The molecule has 4 aromatic rings. The molecule has 1 N–H and O–H groups in total. The van der Waals surface area contributed by atoms with Crippen molar-refractivity contribution in [3.05, 3.63) is 106 Å². The fourth-order valence-corrected chi connectivity index (χ4v) is 5.52. The summed E-state index contributed by atoms with van der Waals surface area (Å²) in [7, 11) is 0. The Morgan fingerprint density at radius 3 is 2.62 bits per heavy atom. The van der Waals surface area contributed by atoms with E-state index in [0.717, 1.165) is 48.6 Å². The Kier molecular flexibility index (Phi) is 6.18. The maximum Gasteiger partial charge on any atom is 0.337 e. The second-order valence-electron chi connectivity index (χ2n) is 9.32. The van der Waals surface area contributed by atoms with Crippen LogP contribution in [0.2, 0.25) is 0 Å². The highest BCUT2D eigenvalue weighted by Crippen LogP contribution is 2.36. The van der Waals surface area contributed by atoms with E-state index in [1.807, 2.05) is 24.3 Å². The van der Waals surface area contributed by atoms with E-state index in [1.54, 1.807) is 12.1 Å². The molecule has 1 atom stereocenters. The Labute approximate surface area is 200 Å². The lowest BCUT2D eigenvalue weighted by molar-refractivity contribution is 0.0698. The predicted molar refractivity (Wildman–Crippen MR) is 134 cm³/mol. The van der Waals surface area contributed by atoms with Gasteiger partial charge in [-0.05, 0) is 79.3 Å². The zero-order valence-electron chi connectivity index (χ0n) is 19.2. The quantitative estimate of drug-likeness (QED) is 0.348. The van der Waals surface area contributed by atoms with E-state index in [1.165, 1.54) is 23.2 Å². The molecular formula is C30H28N2O2. The van der Waals surface area contributed by atoms with E-state index in [9.17, 15) is 15.2 Å². The normalized spacial score (nSPS) is 15.4. The fourth-order valence-electron chi connectivity index (χ4n) is 5.52. The Morgan fingerprint density at radius 1 is 1.03 bits per heavy atom. The lowest BCUT2D eigenvalue weighted by Gasteiger charge is -2.18. The van der Waals surface area contributed by atoms with Gasteiger partial charge in [-0.25, -0.2) is 4.79 Å². The van der Waals surface area contributed by atoms with Crippen LogP contribution in [0.5, 0.6) is 0 Å². The zero-order valence-corrected chi connectivity index (χ0v) is 19.2. The number of para-hydroxylation sites is 1. The minimum atomic E-state index is -0.897. The molecule has 1 aliphatic rings. The molecule has 5 rings (SSSR count). The van der Waals surface area contributed by atoms with Crippen LogP contribution in [0.4, 0.5) is 0 Å². The second-order valence-corrected chi connectivity index (χ2v) is 9.32. The monoisotopic (exact) mass is 448 g/mol. The van der Waals surface area contributed by atoms with Crippen LogP contribution in [-0.2, 0) is 25.8 Å². The van der Waals surface area contributed by atoms with Crippen LogP contribution in [0.3, 0.4) is 0 Å². The first-order valence-corrected chi connectivity index (χ1v) is 12.0. The topological polar surface area (TPSA) is 66.0 Å². The first-order valence-electron chi connectivity index (χ1n) is 12.0. The third kappa shape index (κ3) is 4.34. The number of benzene rings is 3. The number of carboxylic acids is 1. The summed E-state index contributed by atoms with van der Waals surface area (Å²) < 4.78 is 2.23. The molecule has 4 nitrogen and oxygen atoms in total. The lowest BCUT2D eigenvalue weighted by atomic mass is 9.92. The van der Waals surface area contributed by atoms with Gasteiger partial charge >= 0.3 is 5.97 Å². The molecule has 1 heterocycles. The Bertz CT molecular complexity index is 1380. The van der Waals surface area contributed by atoms with Crippen LogP contribution in [0.15, 0.2) is 72.8 Å². The van der Waals surface area contributed by atoms with E-state index in [2.05, 4.69) is 47.0 Å². The molecule has 0 saturated heterocycles. The summed E-state index contributed by atoms with van der Waals surface area (Å²) in [5, 5.41) is 20.4. The van der Waals surface area contributed by atoms with Gasteiger partial charge in [0.25, 0.3) is 0 Å². The number of nitriles is 1. The van der Waals surface area contributed by atoms with Crippen LogP contribution >= 0.6 is 0 Å². The molecule has 4 heteroatoms. The fraction of sp³-hybridized carbons (Fsp3) is 0.267. The van der Waals surface area contributed by atoms with Crippen molar-refractivity contribution in [2.24, 2.45) is 5.92 Å². The number of carboxylic acid groups (broad SMARTS) is 1. The maximum atomic E-state index is 12.2. The van der Waals surface area contributed by atoms with Crippen LogP contribution in [-0.4, -0.2) is 15.6 Å². The van der Waals surface area contributed by atoms with Crippen molar-refractivity contribution in [1.29, 1.82) is 5.26 Å².